The number of carboxylic acid groups (broad SMARTS) is 1. The van der Waals surface area contributed by atoms with E-state index in [1.54, 1.807) is 0 Å². The molecule has 16 heavy (non-hydrogen) atoms. The third-order valence-electron chi connectivity index (χ3n) is 1.73. The molecule has 0 radical (unpaired) electrons. The van der Waals surface area contributed by atoms with E-state index < -0.39 is 35.8 Å². The van der Waals surface area contributed by atoms with Crippen LogP contribution in [0, 0.1) is 5.82 Å². The predicted octanol–water partition coefficient (Wildman–Crippen LogP) is 1.55. The zero-order valence-electron chi connectivity index (χ0n) is 7.73. The van der Waals surface area contributed by atoms with Crippen LogP contribution in [-0.2, 0) is 4.79 Å². The van der Waals surface area contributed by atoms with Crippen molar-refractivity contribution in [2.45, 2.75) is 12.7 Å². The predicted molar refractivity (Wildman–Crippen MR) is 45.6 cm³/mol. The number of aliphatic hydroxyl groups excluding tert-OH is 1. The smallest absolute Gasteiger partial charge is 0.387 e. The van der Waals surface area contributed by atoms with Crippen LogP contribution >= 0.6 is 0 Å². The van der Waals surface area contributed by atoms with Gasteiger partial charge in [-0.2, -0.15) is 8.78 Å². The van der Waals surface area contributed by atoms with Crippen LogP contribution in [0.3, 0.4) is 0 Å². The molecular weight excluding hydrogens is 229 g/mol. The first-order chi connectivity index (χ1) is 7.43. The molecule has 0 spiro atoms. The van der Waals surface area contributed by atoms with E-state index in [0.29, 0.717) is 0 Å². The summed E-state index contributed by atoms with van der Waals surface area (Å²) in [6, 6.07) is 2.88. The SMILES string of the molecule is O=C(O)C(O)c1cccc(F)c1OC(F)F. The first kappa shape index (κ1) is 12.3. The van der Waals surface area contributed by atoms with Gasteiger partial charge in [-0.3, -0.25) is 0 Å². The fourth-order valence-electron chi connectivity index (χ4n) is 1.09. The minimum atomic E-state index is -3.31. The summed E-state index contributed by atoms with van der Waals surface area (Å²) in [6.07, 6.45) is -2.12. The molecule has 0 saturated carbocycles. The summed E-state index contributed by atoms with van der Waals surface area (Å²) in [6.45, 7) is -3.31. The molecule has 1 atom stereocenters. The molecule has 1 aromatic carbocycles. The number of hydrogen-bond acceptors (Lipinski definition) is 3. The van der Waals surface area contributed by atoms with E-state index >= 15 is 0 Å². The van der Waals surface area contributed by atoms with Crippen LogP contribution in [0.1, 0.15) is 11.7 Å². The summed E-state index contributed by atoms with van der Waals surface area (Å²) in [5.74, 6) is -3.82. The highest BCUT2D eigenvalue weighted by Crippen LogP contribution is 2.29. The maximum atomic E-state index is 13.1. The van der Waals surface area contributed by atoms with Crippen molar-refractivity contribution in [2.24, 2.45) is 0 Å². The lowest BCUT2D eigenvalue weighted by atomic mass is 10.1. The second kappa shape index (κ2) is 4.84. The van der Waals surface area contributed by atoms with Gasteiger partial charge in [0.15, 0.2) is 17.7 Å². The Balaban J connectivity index is 3.17. The number of carboxylic acids is 1. The Morgan fingerprint density at radius 2 is 2.00 bits per heavy atom. The summed E-state index contributed by atoms with van der Waals surface area (Å²) < 4.78 is 40.7. The number of carbonyl (C=O) groups is 1. The molecular formula is C9H7F3O4. The number of benzene rings is 1. The molecule has 0 saturated heterocycles. The standard InChI is InChI=1S/C9H7F3O4/c10-5-3-1-2-4(6(13)8(14)15)7(5)16-9(11)12/h1-3,6,9,13H,(H,14,15). The zero-order chi connectivity index (χ0) is 12.3. The molecule has 1 unspecified atom stereocenters. The highest BCUT2D eigenvalue weighted by atomic mass is 19.3. The number of ether oxygens (including phenoxy) is 1. The molecule has 0 heterocycles. The van der Waals surface area contributed by atoms with Gasteiger partial charge in [0.05, 0.1) is 0 Å². The van der Waals surface area contributed by atoms with Crippen molar-refractivity contribution >= 4 is 5.97 Å². The molecule has 1 aromatic rings. The number of halogens is 3. The average Bonchev–Trinajstić information content (AvgIpc) is 2.19. The Labute approximate surface area is 87.9 Å². The van der Waals surface area contributed by atoms with Gasteiger partial charge in [-0.25, -0.2) is 9.18 Å². The maximum Gasteiger partial charge on any atom is 0.387 e. The Morgan fingerprint density at radius 1 is 1.38 bits per heavy atom. The van der Waals surface area contributed by atoms with Gasteiger partial charge >= 0.3 is 12.6 Å². The van der Waals surface area contributed by atoms with Gasteiger partial charge in [0.1, 0.15) is 0 Å². The zero-order valence-corrected chi connectivity index (χ0v) is 7.73. The van der Waals surface area contributed by atoms with Gasteiger partial charge in [-0.1, -0.05) is 12.1 Å². The molecule has 0 bridgehead atoms. The highest BCUT2D eigenvalue weighted by molar-refractivity contribution is 5.75. The van der Waals surface area contributed by atoms with Crippen LogP contribution < -0.4 is 4.74 Å². The van der Waals surface area contributed by atoms with E-state index in [1.165, 1.54) is 0 Å². The molecule has 4 nitrogen and oxygen atoms in total. The van der Waals surface area contributed by atoms with Crippen LogP contribution in [0.5, 0.6) is 5.75 Å². The van der Waals surface area contributed by atoms with Crippen molar-refractivity contribution in [1.82, 2.24) is 0 Å². The van der Waals surface area contributed by atoms with Gasteiger partial charge < -0.3 is 14.9 Å². The number of alkyl halides is 2. The highest BCUT2D eigenvalue weighted by Gasteiger charge is 2.24. The van der Waals surface area contributed by atoms with E-state index in [4.69, 9.17) is 10.2 Å². The number of rotatable bonds is 4. The minimum absolute atomic E-state index is 0.562. The Bertz CT molecular complexity index is 394. The molecule has 0 aromatic heterocycles. The molecule has 0 fully saturated rings. The summed E-state index contributed by atoms with van der Waals surface area (Å²) in [4.78, 5) is 10.4. The van der Waals surface area contributed by atoms with Crippen LogP contribution in [0.15, 0.2) is 18.2 Å². The van der Waals surface area contributed by atoms with E-state index in [-0.39, 0.29) is 0 Å². The fourth-order valence-corrected chi connectivity index (χ4v) is 1.09. The number of hydrogen-bond donors (Lipinski definition) is 2. The maximum absolute atomic E-state index is 13.1. The normalized spacial score (nSPS) is 12.6. The van der Waals surface area contributed by atoms with Crippen molar-refractivity contribution < 1.29 is 32.9 Å². The summed E-state index contributed by atoms with van der Waals surface area (Å²) >= 11 is 0. The third kappa shape index (κ3) is 2.63. The second-order valence-electron chi connectivity index (χ2n) is 2.78. The van der Waals surface area contributed by atoms with Crippen molar-refractivity contribution in [3.63, 3.8) is 0 Å². The number of aliphatic carboxylic acids is 1. The first-order valence-corrected chi connectivity index (χ1v) is 4.07. The molecule has 0 amide bonds. The summed E-state index contributed by atoms with van der Waals surface area (Å²) in [5, 5.41) is 17.6. The summed E-state index contributed by atoms with van der Waals surface area (Å²) in [5.41, 5.74) is -0.562. The van der Waals surface area contributed by atoms with E-state index in [2.05, 4.69) is 4.74 Å². The van der Waals surface area contributed by atoms with Crippen LogP contribution in [-0.4, -0.2) is 22.8 Å². The molecule has 0 aliphatic carbocycles. The Kier molecular flexibility index (Phi) is 3.73. The third-order valence-corrected chi connectivity index (χ3v) is 1.73. The quantitative estimate of drug-likeness (QED) is 0.832. The average molecular weight is 236 g/mol. The fraction of sp³-hybridized carbons (Fsp3) is 0.222. The van der Waals surface area contributed by atoms with Crippen molar-refractivity contribution in [3.05, 3.63) is 29.6 Å². The molecule has 2 N–H and O–H groups in total. The lowest BCUT2D eigenvalue weighted by Gasteiger charge is -2.13. The topological polar surface area (TPSA) is 66.8 Å². The van der Waals surface area contributed by atoms with Crippen molar-refractivity contribution in [1.29, 1.82) is 0 Å². The molecule has 0 aliphatic heterocycles. The lowest BCUT2D eigenvalue weighted by molar-refractivity contribution is -0.147. The van der Waals surface area contributed by atoms with Gasteiger partial charge in [0.25, 0.3) is 0 Å². The molecule has 1 rings (SSSR count). The second-order valence-corrected chi connectivity index (χ2v) is 2.78. The van der Waals surface area contributed by atoms with Crippen molar-refractivity contribution in [2.75, 3.05) is 0 Å². The van der Waals surface area contributed by atoms with Gasteiger partial charge in [-0.15, -0.1) is 0 Å². The minimum Gasteiger partial charge on any atom is -0.479 e. The van der Waals surface area contributed by atoms with Crippen LogP contribution in [0.2, 0.25) is 0 Å². The van der Waals surface area contributed by atoms with E-state index in [1.807, 2.05) is 0 Å². The van der Waals surface area contributed by atoms with Crippen LogP contribution in [0.4, 0.5) is 13.2 Å². The number of aliphatic hydroxyl groups is 1. The van der Waals surface area contributed by atoms with Gasteiger partial charge in [0, 0.05) is 5.56 Å². The lowest BCUT2D eigenvalue weighted by Crippen LogP contribution is -2.14. The monoisotopic (exact) mass is 236 g/mol. The van der Waals surface area contributed by atoms with E-state index in [0.717, 1.165) is 18.2 Å². The Hall–Kier alpha value is -1.76. The molecule has 0 aliphatic rings. The summed E-state index contributed by atoms with van der Waals surface area (Å²) in [7, 11) is 0. The molecule has 88 valence electrons. The first-order valence-electron chi connectivity index (χ1n) is 4.07. The van der Waals surface area contributed by atoms with Gasteiger partial charge in [0.2, 0.25) is 0 Å². The van der Waals surface area contributed by atoms with Gasteiger partial charge in [-0.05, 0) is 6.07 Å². The largest absolute Gasteiger partial charge is 0.479 e. The Morgan fingerprint density at radius 3 is 2.50 bits per heavy atom. The molecule has 7 heteroatoms. The van der Waals surface area contributed by atoms with E-state index in [9.17, 15) is 18.0 Å². The van der Waals surface area contributed by atoms with Crippen molar-refractivity contribution in [3.8, 4) is 5.75 Å². The number of para-hydroxylation sites is 1. The van der Waals surface area contributed by atoms with Crippen LogP contribution in [0.25, 0.3) is 0 Å².